The summed E-state index contributed by atoms with van der Waals surface area (Å²) in [5.41, 5.74) is 0. The first-order valence-electron chi connectivity index (χ1n) is 2.28. The van der Waals surface area contributed by atoms with Crippen LogP contribution >= 0.6 is 27.4 Å². The summed E-state index contributed by atoms with van der Waals surface area (Å²) < 4.78 is 0. The Kier molecular flexibility index (Phi) is 42.4. The molecule has 0 fully saturated rings. The molecule has 0 aliphatic carbocycles. The van der Waals surface area contributed by atoms with Crippen LogP contribution in [-0.2, 0) is 15.6 Å². The summed E-state index contributed by atoms with van der Waals surface area (Å²) >= 11 is 4.72. The van der Waals surface area contributed by atoms with Crippen LogP contribution in [0.1, 0.15) is 0 Å². The van der Waals surface area contributed by atoms with E-state index in [2.05, 4.69) is 49.1 Å². The third kappa shape index (κ3) is 254. The second-order valence-corrected chi connectivity index (χ2v) is 4.31. The van der Waals surface area contributed by atoms with E-state index in [0.29, 0.717) is 7.92 Å². The second-order valence-electron chi connectivity index (χ2n) is 1.63. The average Bonchev–Trinajstić information content (AvgIpc) is 1.71. The second kappa shape index (κ2) is 22.7. The van der Waals surface area contributed by atoms with Crippen LogP contribution in [0.25, 0.3) is 0 Å². The predicted molar refractivity (Wildman–Crippen MR) is 54.3 cm³/mol. The predicted octanol–water partition coefficient (Wildman–Crippen LogP) is 3.25. The molecule has 0 nitrogen and oxygen atoms in total. The fourth-order valence-corrected chi connectivity index (χ4v) is 0. The van der Waals surface area contributed by atoms with Crippen LogP contribution in [0.5, 0.6) is 0 Å². The molecule has 0 radical (unpaired) electrons. The van der Waals surface area contributed by atoms with Gasteiger partial charge in [-0.25, -0.2) is 19.6 Å². The van der Waals surface area contributed by atoms with Gasteiger partial charge < -0.3 is 0 Å². The minimum atomic E-state index is 0.380. The molecule has 0 amide bonds. The molecule has 0 saturated carbocycles. The summed E-state index contributed by atoms with van der Waals surface area (Å²) in [6.07, 6.45) is 1.50. The van der Waals surface area contributed by atoms with Gasteiger partial charge >= 0.3 is 35.1 Å². The number of halogens is 1. The Hall–Kier alpha value is 1.43. The molecule has 0 aromatic heterocycles. The van der Waals surface area contributed by atoms with Crippen LogP contribution in [0.2, 0.25) is 0 Å². The van der Waals surface area contributed by atoms with Crippen LogP contribution in [0.15, 0.2) is 12.7 Å². The fraction of sp³-hybridized carbons (Fsp3) is 0.500. The molecule has 0 rings (SSSR count). The van der Waals surface area contributed by atoms with Gasteiger partial charge in [0.1, 0.15) is 0 Å². The zero-order valence-corrected chi connectivity index (χ0v) is 10.7. The molecule has 0 unspecified atom stereocenters. The average molecular weight is 350 g/mol. The van der Waals surface area contributed by atoms with Crippen LogP contribution in [0.3, 0.4) is 0 Å². The van der Waals surface area contributed by atoms with E-state index in [1.54, 1.807) is 0 Å². The van der Waals surface area contributed by atoms with Crippen molar-refractivity contribution >= 4 is 27.4 Å². The molecule has 0 aliphatic rings. The number of allylic oxidation sites excluding steroid dienone is 1. The standard InChI is InChI=1S/C3H9P.C3H5.HI.Pd/c1-4(2)3;1-3-2;;/h1-3H3;3H,1-2H2;1H;/q;-1;;+2/p-1. The maximum absolute atomic E-state index is 3.25. The molecule has 0 aliphatic heterocycles. The van der Waals surface area contributed by atoms with Crippen molar-refractivity contribution < 1.29 is 15.6 Å². The van der Waals surface area contributed by atoms with E-state index in [1.807, 2.05) is 19.5 Å². The van der Waals surface area contributed by atoms with Gasteiger partial charge in [0.15, 0.2) is 0 Å². The summed E-state index contributed by atoms with van der Waals surface area (Å²) in [6, 6.07) is 0. The van der Waals surface area contributed by atoms with Crippen LogP contribution < -0.4 is 0 Å². The molecule has 3 heteroatoms. The Morgan fingerprint density at radius 3 is 1.44 bits per heavy atom. The van der Waals surface area contributed by atoms with Crippen molar-refractivity contribution in [3.8, 4) is 0 Å². The zero-order valence-electron chi connectivity index (χ0n) is 6.13. The Morgan fingerprint density at radius 2 is 1.44 bits per heavy atom. The molecular formula is C6H14IPPd. The zero-order chi connectivity index (χ0) is 8.28. The third-order valence-corrected chi connectivity index (χ3v) is 0. The van der Waals surface area contributed by atoms with Crippen molar-refractivity contribution in [1.29, 1.82) is 0 Å². The van der Waals surface area contributed by atoms with Crippen LogP contribution in [0, 0.1) is 6.92 Å². The Balaban J connectivity index is -0.0000000646. The Labute approximate surface area is 82.0 Å². The first-order chi connectivity index (χ1) is 4.15. The molecule has 9 heavy (non-hydrogen) atoms. The van der Waals surface area contributed by atoms with Crippen molar-refractivity contribution in [2.45, 2.75) is 0 Å². The maximum atomic E-state index is 3.25. The molecule has 0 aromatic carbocycles. The van der Waals surface area contributed by atoms with Gasteiger partial charge in [0.25, 0.3) is 0 Å². The topological polar surface area (TPSA) is 0 Å². The molecule has 0 aromatic rings. The fourth-order valence-electron chi connectivity index (χ4n) is 0. The van der Waals surface area contributed by atoms with Crippen molar-refractivity contribution in [3.63, 3.8) is 0 Å². The van der Waals surface area contributed by atoms with Gasteiger partial charge in [0.2, 0.25) is 0 Å². The molecular weight excluding hydrogens is 336 g/mol. The summed E-state index contributed by atoms with van der Waals surface area (Å²) in [5.74, 6) is 0. The first-order valence-corrected chi connectivity index (χ1v) is 9.58. The molecule has 0 spiro atoms. The molecule has 0 heterocycles. The Bertz CT molecular complexity index is 37.3. The molecule has 0 saturated heterocycles. The Morgan fingerprint density at radius 1 is 1.44 bits per heavy atom. The van der Waals surface area contributed by atoms with Gasteiger partial charge in [0, 0.05) is 0 Å². The van der Waals surface area contributed by atoms with E-state index in [0.717, 1.165) is 0 Å². The van der Waals surface area contributed by atoms with Crippen LogP contribution in [-0.4, -0.2) is 20.0 Å². The van der Waals surface area contributed by atoms with Crippen molar-refractivity contribution in [1.82, 2.24) is 0 Å². The monoisotopic (exact) mass is 350 g/mol. The van der Waals surface area contributed by atoms with Crippen molar-refractivity contribution in [2.24, 2.45) is 0 Å². The number of rotatable bonds is 0. The van der Waals surface area contributed by atoms with Gasteiger partial charge in [-0.3, -0.25) is 0 Å². The van der Waals surface area contributed by atoms with E-state index >= 15 is 0 Å². The molecule has 60 valence electrons. The van der Waals surface area contributed by atoms with E-state index in [1.165, 1.54) is 6.08 Å². The van der Waals surface area contributed by atoms with Gasteiger partial charge in [-0.1, -0.05) is 0 Å². The molecule has 0 bridgehead atoms. The first kappa shape index (κ1) is 16.8. The number of hydrogen-bond donors (Lipinski definition) is 0. The molecule has 0 N–H and O–H groups in total. The van der Waals surface area contributed by atoms with Crippen molar-refractivity contribution in [2.75, 3.05) is 20.0 Å². The number of hydrogen-bond acceptors (Lipinski definition) is 0. The van der Waals surface area contributed by atoms with E-state index in [4.69, 9.17) is 0 Å². The third-order valence-electron chi connectivity index (χ3n) is 0. The van der Waals surface area contributed by atoms with Gasteiger partial charge in [0.05, 0.1) is 0 Å². The van der Waals surface area contributed by atoms with Gasteiger partial charge in [-0.05, 0) is 20.0 Å². The van der Waals surface area contributed by atoms with E-state index < -0.39 is 0 Å². The van der Waals surface area contributed by atoms with Gasteiger partial charge in [-0.2, -0.15) is 0 Å². The van der Waals surface area contributed by atoms with Crippen LogP contribution in [0.4, 0.5) is 0 Å². The summed E-state index contributed by atoms with van der Waals surface area (Å²) in [6.45, 7) is 13.2. The van der Waals surface area contributed by atoms with E-state index in [9.17, 15) is 0 Å². The van der Waals surface area contributed by atoms with E-state index in [-0.39, 0.29) is 0 Å². The normalized spacial score (nSPS) is 6.11. The minimum absolute atomic E-state index is 0.380. The quantitative estimate of drug-likeness (QED) is 0.272. The van der Waals surface area contributed by atoms with Crippen molar-refractivity contribution in [3.05, 3.63) is 19.6 Å². The summed E-state index contributed by atoms with van der Waals surface area (Å²) in [7, 11) is 0.380. The summed E-state index contributed by atoms with van der Waals surface area (Å²) in [4.78, 5) is 0. The SMILES string of the molecule is C=C[CH2-].CP(C)C.[Pd+][I]. The van der Waals surface area contributed by atoms with Gasteiger partial charge in [-0.15, -0.1) is 7.92 Å². The summed E-state index contributed by atoms with van der Waals surface area (Å²) in [5, 5.41) is 0. The molecule has 0 atom stereocenters.